The summed E-state index contributed by atoms with van der Waals surface area (Å²) in [6.07, 6.45) is 2.16. The normalized spacial score (nSPS) is 21.1. The van der Waals surface area contributed by atoms with Gasteiger partial charge < -0.3 is 0 Å². The highest BCUT2D eigenvalue weighted by molar-refractivity contribution is 5.31. The maximum Gasteiger partial charge on any atom is 0.131 e. The minimum atomic E-state index is 0.0706. The number of hydroxylamine groups is 1. The molecule has 0 fully saturated rings. The second kappa shape index (κ2) is 3.23. The number of nitrogens with one attached hydrogen (secondary N) is 1. The Bertz CT molecular complexity index is 344. The van der Waals surface area contributed by atoms with Crippen LogP contribution in [0, 0.1) is 6.92 Å². The predicted octanol–water partition coefficient (Wildman–Crippen LogP) is 2.47. The van der Waals surface area contributed by atoms with Gasteiger partial charge in [0.15, 0.2) is 0 Å². The molecule has 0 unspecified atom stereocenters. The second-order valence-electron chi connectivity index (χ2n) is 3.35. The minimum Gasteiger partial charge on any atom is -0.271 e. The molecule has 2 heteroatoms. The van der Waals surface area contributed by atoms with Gasteiger partial charge in [-0.2, -0.15) is 0 Å². The van der Waals surface area contributed by atoms with E-state index in [1.807, 2.05) is 19.1 Å². The molecule has 0 aromatic heterocycles. The lowest BCUT2D eigenvalue weighted by Crippen LogP contribution is -2.06. The van der Waals surface area contributed by atoms with Crippen molar-refractivity contribution in [2.24, 2.45) is 0 Å². The minimum absolute atomic E-state index is 0.0706. The van der Waals surface area contributed by atoms with Crippen LogP contribution in [0.1, 0.15) is 24.2 Å². The lowest BCUT2D eigenvalue weighted by molar-refractivity contribution is 0.0418. The van der Waals surface area contributed by atoms with Crippen molar-refractivity contribution in [1.29, 1.82) is 0 Å². The fourth-order valence-electron chi connectivity index (χ4n) is 1.51. The van der Waals surface area contributed by atoms with Gasteiger partial charge in [-0.1, -0.05) is 24.3 Å². The molecule has 0 spiro atoms. The van der Waals surface area contributed by atoms with Gasteiger partial charge in [0.1, 0.15) is 6.10 Å². The molecule has 0 radical (unpaired) electrons. The number of benzene rings is 1. The molecule has 1 atom stereocenters. The van der Waals surface area contributed by atoms with Crippen LogP contribution in [-0.2, 0) is 4.84 Å². The maximum atomic E-state index is 5.39. The van der Waals surface area contributed by atoms with E-state index in [9.17, 15) is 0 Å². The van der Waals surface area contributed by atoms with Crippen molar-refractivity contribution in [3.63, 3.8) is 0 Å². The van der Waals surface area contributed by atoms with Crippen LogP contribution in [0.25, 0.3) is 0 Å². The molecule has 0 saturated heterocycles. The number of hydrogen-bond acceptors (Lipinski definition) is 2. The van der Waals surface area contributed by atoms with Crippen LogP contribution in [0.2, 0.25) is 0 Å². The molecule has 0 amide bonds. The largest absolute Gasteiger partial charge is 0.271 e. The third kappa shape index (κ3) is 1.58. The summed E-state index contributed by atoms with van der Waals surface area (Å²) < 4.78 is 0. The Hall–Kier alpha value is -1.28. The SMILES string of the molecule is CC1=C[C@H](c2ccccc2C)ON1. The molecule has 1 aromatic rings. The van der Waals surface area contributed by atoms with Gasteiger partial charge in [-0.05, 0) is 31.1 Å². The Labute approximate surface area is 78.2 Å². The first-order chi connectivity index (χ1) is 6.27. The molecule has 1 heterocycles. The summed E-state index contributed by atoms with van der Waals surface area (Å²) in [6, 6.07) is 8.27. The Kier molecular flexibility index (Phi) is 2.07. The van der Waals surface area contributed by atoms with E-state index < -0.39 is 0 Å². The molecular weight excluding hydrogens is 162 g/mol. The van der Waals surface area contributed by atoms with E-state index in [-0.39, 0.29) is 6.10 Å². The second-order valence-corrected chi connectivity index (χ2v) is 3.35. The summed E-state index contributed by atoms with van der Waals surface area (Å²) in [6.45, 7) is 4.10. The molecule has 2 rings (SSSR count). The van der Waals surface area contributed by atoms with E-state index in [0.717, 1.165) is 5.70 Å². The molecule has 1 aliphatic heterocycles. The molecule has 1 N–H and O–H groups in total. The third-order valence-corrected chi connectivity index (χ3v) is 2.24. The van der Waals surface area contributed by atoms with Crippen LogP contribution in [0.3, 0.4) is 0 Å². The average molecular weight is 175 g/mol. The summed E-state index contributed by atoms with van der Waals surface area (Å²) in [5.74, 6) is 0. The average Bonchev–Trinajstić information content (AvgIpc) is 2.53. The van der Waals surface area contributed by atoms with Crippen LogP contribution in [0.5, 0.6) is 0 Å². The van der Waals surface area contributed by atoms with Crippen molar-refractivity contribution in [1.82, 2.24) is 5.48 Å². The zero-order chi connectivity index (χ0) is 9.26. The van der Waals surface area contributed by atoms with E-state index in [1.54, 1.807) is 0 Å². The van der Waals surface area contributed by atoms with Gasteiger partial charge in [-0.15, -0.1) is 0 Å². The summed E-state index contributed by atoms with van der Waals surface area (Å²) in [5, 5.41) is 0. The van der Waals surface area contributed by atoms with Crippen molar-refractivity contribution in [2.75, 3.05) is 0 Å². The van der Waals surface area contributed by atoms with Gasteiger partial charge >= 0.3 is 0 Å². The predicted molar refractivity (Wildman–Crippen MR) is 51.9 cm³/mol. The number of rotatable bonds is 1. The van der Waals surface area contributed by atoms with Crippen LogP contribution < -0.4 is 5.48 Å². The summed E-state index contributed by atoms with van der Waals surface area (Å²) in [7, 11) is 0. The van der Waals surface area contributed by atoms with Crippen LogP contribution in [-0.4, -0.2) is 0 Å². The third-order valence-electron chi connectivity index (χ3n) is 2.24. The number of allylic oxidation sites excluding steroid dienone is 1. The summed E-state index contributed by atoms with van der Waals surface area (Å²) in [5.41, 5.74) is 6.43. The maximum absolute atomic E-state index is 5.39. The molecular formula is C11H13NO. The first kappa shape index (κ1) is 8.32. The van der Waals surface area contributed by atoms with Gasteiger partial charge in [-0.25, -0.2) is 0 Å². The monoisotopic (exact) mass is 175 g/mol. The Morgan fingerprint density at radius 1 is 1.23 bits per heavy atom. The van der Waals surface area contributed by atoms with Gasteiger partial charge in [0.25, 0.3) is 0 Å². The smallest absolute Gasteiger partial charge is 0.131 e. The Balaban J connectivity index is 2.31. The van der Waals surface area contributed by atoms with Crippen LogP contribution in [0.15, 0.2) is 36.0 Å². The fourth-order valence-corrected chi connectivity index (χ4v) is 1.51. The topological polar surface area (TPSA) is 21.3 Å². The standard InChI is InChI=1S/C11H13NO/c1-8-5-3-4-6-10(8)11-7-9(2)12-13-11/h3-7,11-12H,1-2H3/t11-/m1/s1. The molecule has 68 valence electrons. The molecule has 0 saturated carbocycles. The number of aryl methyl sites for hydroxylation is 1. The Morgan fingerprint density at radius 3 is 2.62 bits per heavy atom. The van der Waals surface area contributed by atoms with E-state index >= 15 is 0 Å². The highest BCUT2D eigenvalue weighted by Gasteiger charge is 2.16. The van der Waals surface area contributed by atoms with E-state index in [4.69, 9.17) is 4.84 Å². The molecule has 0 bridgehead atoms. The quantitative estimate of drug-likeness (QED) is 0.708. The highest BCUT2D eigenvalue weighted by Crippen LogP contribution is 2.25. The van der Waals surface area contributed by atoms with Crippen LogP contribution >= 0.6 is 0 Å². The lowest BCUT2D eigenvalue weighted by atomic mass is 10.0. The Morgan fingerprint density at radius 2 is 2.00 bits per heavy atom. The molecule has 13 heavy (non-hydrogen) atoms. The molecule has 0 aliphatic carbocycles. The molecule has 2 nitrogen and oxygen atoms in total. The van der Waals surface area contributed by atoms with Crippen LogP contribution in [0.4, 0.5) is 0 Å². The van der Waals surface area contributed by atoms with Gasteiger partial charge in [0.2, 0.25) is 0 Å². The van der Waals surface area contributed by atoms with E-state index in [2.05, 4.69) is 30.6 Å². The van der Waals surface area contributed by atoms with E-state index in [1.165, 1.54) is 11.1 Å². The van der Waals surface area contributed by atoms with Crippen molar-refractivity contribution < 1.29 is 4.84 Å². The molecule has 1 aliphatic rings. The summed E-state index contributed by atoms with van der Waals surface area (Å²) in [4.78, 5) is 5.39. The first-order valence-electron chi connectivity index (χ1n) is 4.43. The zero-order valence-electron chi connectivity index (χ0n) is 7.87. The number of hydrogen-bond donors (Lipinski definition) is 1. The van der Waals surface area contributed by atoms with Gasteiger partial charge in [-0.3, -0.25) is 10.3 Å². The van der Waals surface area contributed by atoms with Crippen molar-refractivity contribution >= 4 is 0 Å². The highest BCUT2D eigenvalue weighted by atomic mass is 16.7. The zero-order valence-corrected chi connectivity index (χ0v) is 7.87. The van der Waals surface area contributed by atoms with Crippen molar-refractivity contribution in [3.05, 3.63) is 47.2 Å². The van der Waals surface area contributed by atoms with Gasteiger partial charge in [0.05, 0.1) is 0 Å². The molecule has 1 aromatic carbocycles. The van der Waals surface area contributed by atoms with E-state index in [0.29, 0.717) is 0 Å². The van der Waals surface area contributed by atoms with Crippen molar-refractivity contribution in [2.45, 2.75) is 20.0 Å². The fraction of sp³-hybridized carbons (Fsp3) is 0.273. The van der Waals surface area contributed by atoms with Gasteiger partial charge in [0, 0.05) is 5.70 Å². The summed E-state index contributed by atoms with van der Waals surface area (Å²) >= 11 is 0. The lowest BCUT2D eigenvalue weighted by Gasteiger charge is -2.10. The first-order valence-corrected chi connectivity index (χ1v) is 4.43. The van der Waals surface area contributed by atoms with Crippen molar-refractivity contribution in [3.8, 4) is 0 Å².